The highest BCUT2D eigenvalue weighted by molar-refractivity contribution is 9.10. The minimum atomic E-state index is 0.237. The van der Waals surface area contributed by atoms with Gasteiger partial charge in [-0.1, -0.05) is 34.1 Å². The SMILES string of the molecule is O=C1CCC2CN(Cc3ccccc3Br)CCC2N1. The Morgan fingerprint density at radius 3 is 3.00 bits per heavy atom. The Labute approximate surface area is 122 Å². The second-order valence-electron chi connectivity index (χ2n) is 5.59. The summed E-state index contributed by atoms with van der Waals surface area (Å²) in [4.78, 5) is 13.9. The van der Waals surface area contributed by atoms with Gasteiger partial charge in [0.15, 0.2) is 0 Å². The molecule has 2 heterocycles. The zero-order valence-electron chi connectivity index (χ0n) is 10.9. The standard InChI is InChI=1S/C15H19BrN2O/c16-13-4-2-1-3-11(13)9-18-8-7-14-12(10-18)5-6-15(19)17-14/h1-4,12,14H,5-10H2,(H,17,19). The van der Waals surface area contributed by atoms with E-state index in [-0.39, 0.29) is 5.91 Å². The molecule has 19 heavy (non-hydrogen) atoms. The van der Waals surface area contributed by atoms with Gasteiger partial charge >= 0.3 is 0 Å². The fourth-order valence-corrected chi connectivity index (χ4v) is 3.61. The van der Waals surface area contributed by atoms with Crippen LogP contribution in [0.15, 0.2) is 28.7 Å². The lowest BCUT2D eigenvalue weighted by Crippen LogP contribution is -2.53. The first-order chi connectivity index (χ1) is 9.22. The van der Waals surface area contributed by atoms with Crippen LogP contribution in [-0.4, -0.2) is 29.9 Å². The molecule has 2 aliphatic heterocycles. The van der Waals surface area contributed by atoms with Gasteiger partial charge in [0, 0.05) is 36.6 Å². The molecule has 1 N–H and O–H groups in total. The molecule has 2 fully saturated rings. The van der Waals surface area contributed by atoms with Crippen LogP contribution in [0.2, 0.25) is 0 Å². The summed E-state index contributed by atoms with van der Waals surface area (Å²) in [7, 11) is 0. The van der Waals surface area contributed by atoms with Gasteiger partial charge in [0.05, 0.1) is 0 Å². The Kier molecular flexibility index (Phi) is 3.89. The summed E-state index contributed by atoms with van der Waals surface area (Å²) in [6.07, 6.45) is 2.83. The van der Waals surface area contributed by atoms with Crippen molar-refractivity contribution in [2.45, 2.75) is 31.8 Å². The Balaban J connectivity index is 1.62. The number of hydrogen-bond acceptors (Lipinski definition) is 2. The maximum absolute atomic E-state index is 11.4. The maximum Gasteiger partial charge on any atom is 0.220 e. The van der Waals surface area contributed by atoms with Gasteiger partial charge in [0.2, 0.25) is 5.91 Å². The number of benzene rings is 1. The molecule has 2 saturated heterocycles. The fraction of sp³-hybridized carbons (Fsp3) is 0.533. The van der Waals surface area contributed by atoms with Gasteiger partial charge in [-0.15, -0.1) is 0 Å². The Morgan fingerprint density at radius 2 is 2.16 bits per heavy atom. The zero-order valence-corrected chi connectivity index (χ0v) is 12.5. The van der Waals surface area contributed by atoms with Crippen LogP contribution in [0, 0.1) is 5.92 Å². The van der Waals surface area contributed by atoms with Crippen molar-refractivity contribution in [3.05, 3.63) is 34.3 Å². The lowest BCUT2D eigenvalue weighted by molar-refractivity contribution is -0.125. The van der Waals surface area contributed by atoms with Gasteiger partial charge in [-0.2, -0.15) is 0 Å². The van der Waals surface area contributed by atoms with Crippen molar-refractivity contribution in [3.8, 4) is 0 Å². The molecule has 1 aromatic carbocycles. The molecule has 4 heteroatoms. The summed E-state index contributed by atoms with van der Waals surface area (Å²) in [5, 5.41) is 3.14. The van der Waals surface area contributed by atoms with Crippen molar-refractivity contribution >= 4 is 21.8 Å². The highest BCUT2D eigenvalue weighted by atomic mass is 79.9. The highest BCUT2D eigenvalue weighted by Gasteiger charge is 2.33. The number of fused-ring (bicyclic) bond motifs is 1. The zero-order chi connectivity index (χ0) is 13.2. The molecule has 0 radical (unpaired) electrons. The molecule has 2 aliphatic rings. The van der Waals surface area contributed by atoms with Gasteiger partial charge in [-0.05, 0) is 30.4 Å². The topological polar surface area (TPSA) is 32.3 Å². The summed E-state index contributed by atoms with van der Waals surface area (Å²) in [5.41, 5.74) is 1.35. The maximum atomic E-state index is 11.4. The van der Waals surface area contributed by atoms with Crippen LogP contribution in [0.25, 0.3) is 0 Å². The van der Waals surface area contributed by atoms with Crippen molar-refractivity contribution < 1.29 is 4.79 Å². The summed E-state index contributed by atoms with van der Waals surface area (Å²) < 4.78 is 1.19. The molecule has 0 spiro atoms. The van der Waals surface area contributed by atoms with Gasteiger partial charge in [-0.25, -0.2) is 0 Å². The predicted octanol–water partition coefficient (Wildman–Crippen LogP) is 2.55. The first-order valence-corrected chi connectivity index (χ1v) is 7.77. The van der Waals surface area contributed by atoms with Crippen molar-refractivity contribution in [1.82, 2.24) is 10.2 Å². The van der Waals surface area contributed by atoms with Crippen LogP contribution in [-0.2, 0) is 11.3 Å². The average molecular weight is 323 g/mol. The molecule has 1 amide bonds. The van der Waals surface area contributed by atoms with Crippen LogP contribution < -0.4 is 5.32 Å². The number of rotatable bonds is 2. The van der Waals surface area contributed by atoms with Crippen molar-refractivity contribution in [1.29, 1.82) is 0 Å². The quantitative estimate of drug-likeness (QED) is 0.907. The summed E-state index contributed by atoms with van der Waals surface area (Å²) in [5.74, 6) is 0.870. The van der Waals surface area contributed by atoms with Crippen LogP contribution in [0.1, 0.15) is 24.8 Å². The Bertz CT molecular complexity index is 477. The fourth-order valence-electron chi connectivity index (χ4n) is 3.20. The van der Waals surface area contributed by atoms with E-state index >= 15 is 0 Å². The largest absolute Gasteiger partial charge is 0.353 e. The number of carbonyl (C=O) groups excluding carboxylic acids is 1. The Hall–Kier alpha value is -0.870. The number of hydrogen-bond donors (Lipinski definition) is 1. The van der Waals surface area contributed by atoms with E-state index in [2.05, 4.69) is 50.4 Å². The monoisotopic (exact) mass is 322 g/mol. The molecular formula is C15H19BrN2O. The third kappa shape index (κ3) is 3.00. The highest BCUT2D eigenvalue weighted by Crippen LogP contribution is 2.27. The minimum Gasteiger partial charge on any atom is -0.353 e. The first kappa shape index (κ1) is 13.1. The lowest BCUT2D eigenvalue weighted by Gasteiger charge is -2.41. The molecule has 0 bridgehead atoms. The van der Waals surface area contributed by atoms with Crippen molar-refractivity contribution in [3.63, 3.8) is 0 Å². The van der Waals surface area contributed by atoms with Crippen molar-refractivity contribution in [2.24, 2.45) is 5.92 Å². The number of likely N-dealkylation sites (tertiary alicyclic amines) is 1. The number of nitrogens with one attached hydrogen (secondary N) is 1. The lowest BCUT2D eigenvalue weighted by atomic mass is 9.85. The smallest absolute Gasteiger partial charge is 0.220 e. The first-order valence-electron chi connectivity index (χ1n) is 6.97. The van der Waals surface area contributed by atoms with Crippen LogP contribution in [0.5, 0.6) is 0 Å². The van der Waals surface area contributed by atoms with Gasteiger partial charge in [-0.3, -0.25) is 9.69 Å². The van der Waals surface area contributed by atoms with Gasteiger partial charge in [0.1, 0.15) is 0 Å². The van der Waals surface area contributed by atoms with E-state index in [0.29, 0.717) is 18.4 Å². The normalized spacial score (nSPS) is 27.7. The summed E-state index contributed by atoms with van der Waals surface area (Å²) in [6.45, 7) is 3.17. The van der Waals surface area contributed by atoms with Gasteiger partial charge < -0.3 is 5.32 Å². The molecule has 0 aromatic heterocycles. The second kappa shape index (κ2) is 5.63. The van der Waals surface area contributed by atoms with Gasteiger partial charge in [0.25, 0.3) is 0 Å². The predicted molar refractivity (Wildman–Crippen MR) is 78.7 cm³/mol. The van der Waals surface area contributed by atoms with Crippen LogP contribution in [0.4, 0.5) is 0 Å². The molecule has 0 saturated carbocycles. The molecule has 102 valence electrons. The molecule has 3 rings (SSSR count). The summed E-state index contributed by atoms with van der Waals surface area (Å²) >= 11 is 3.62. The van der Waals surface area contributed by atoms with E-state index in [1.807, 2.05) is 0 Å². The van der Waals surface area contributed by atoms with E-state index in [4.69, 9.17) is 0 Å². The van der Waals surface area contributed by atoms with Crippen LogP contribution in [0.3, 0.4) is 0 Å². The average Bonchev–Trinajstić information content (AvgIpc) is 2.41. The van der Waals surface area contributed by atoms with E-state index in [1.54, 1.807) is 0 Å². The van der Waals surface area contributed by atoms with E-state index < -0.39 is 0 Å². The van der Waals surface area contributed by atoms with E-state index in [9.17, 15) is 4.79 Å². The molecule has 1 aromatic rings. The molecule has 2 unspecified atom stereocenters. The molecule has 0 aliphatic carbocycles. The minimum absolute atomic E-state index is 0.237. The van der Waals surface area contributed by atoms with E-state index in [0.717, 1.165) is 32.5 Å². The summed E-state index contributed by atoms with van der Waals surface area (Å²) in [6, 6.07) is 8.84. The number of halogens is 1. The van der Waals surface area contributed by atoms with Crippen molar-refractivity contribution in [2.75, 3.05) is 13.1 Å². The molecule has 2 atom stereocenters. The third-order valence-electron chi connectivity index (χ3n) is 4.26. The number of carbonyl (C=O) groups is 1. The Morgan fingerprint density at radius 1 is 1.32 bits per heavy atom. The van der Waals surface area contributed by atoms with E-state index in [1.165, 1.54) is 10.0 Å². The molecule has 3 nitrogen and oxygen atoms in total. The van der Waals surface area contributed by atoms with Crippen LogP contribution >= 0.6 is 15.9 Å². The molecular weight excluding hydrogens is 304 g/mol. The number of piperidine rings is 2. The second-order valence-corrected chi connectivity index (χ2v) is 6.44. The number of nitrogens with zero attached hydrogens (tertiary/aromatic N) is 1. The number of amides is 1. The third-order valence-corrected chi connectivity index (χ3v) is 5.03.